The van der Waals surface area contributed by atoms with Crippen molar-refractivity contribution in [1.82, 2.24) is 19.9 Å². The maximum absolute atomic E-state index is 13.1. The third-order valence-corrected chi connectivity index (χ3v) is 6.56. The van der Waals surface area contributed by atoms with Crippen LogP contribution in [0.4, 0.5) is 9.52 Å². The zero-order valence-corrected chi connectivity index (χ0v) is 18.5. The minimum atomic E-state index is -0.429. The highest BCUT2D eigenvalue weighted by atomic mass is 32.1. The molecule has 1 atom stereocenters. The molecule has 10 heteroatoms. The highest BCUT2D eigenvalue weighted by molar-refractivity contribution is 7.22. The highest BCUT2D eigenvalue weighted by Gasteiger charge is 2.27. The van der Waals surface area contributed by atoms with Crippen molar-refractivity contribution >= 4 is 38.5 Å². The number of aromatic nitrogens is 3. The summed E-state index contributed by atoms with van der Waals surface area (Å²) in [5.41, 5.74) is 0.311. The first-order chi connectivity index (χ1) is 15.5. The fraction of sp³-hybridized carbons (Fsp3) is 0.409. The molecule has 0 radical (unpaired) electrons. The zero-order chi connectivity index (χ0) is 22.7. The fourth-order valence-corrected chi connectivity index (χ4v) is 4.73. The minimum absolute atomic E-state index is 0.0532. The number of carbonyl (C=O) groups excluding carboxylic acids is 2. The molecule has 0 bridgehead atoms. The molecular formula is C22H24FN5O3S. The largest absolute Gasteiger partial charge is 0.356 e. The van der Waals surface area contributed by atoms with Gasteiger partial charge in [-0.05, 0) is 43.5 Å². The van der Waals surface area contributed by atoms with Gasteiger partial charge in [-0.25, -0.2) is 9.37 Å². The predicted octanol–water partition coefficient (Wildman–Crippen LogP) is 2.62. The van der Waals surface area contributed by atoms with Crippen molar-refractivity contribution in [3.05, 3.63) is 52.3 Å². The molecule has 3 heterocycles. The number of hydrogen-bond donors (Lipinski definition) is 1. The number of rotatable bonds is 7. The molecule has 32 heavy (non-hydrogen) atoms. The van der Waals surface area contributed by atoms with E-state index >= 15 is 0 Å². The van der Waals surface area contributed by atoms with Crippen molar-refractivity contribution in [3.63, 3.8) is 0 Å². The van der Waals surface area contributed by atoms with Crippen LogP contribution < -0.4 is 15.8 Å². The van der Waals surface area contributed by atoms with Gasteiger partial charge in [0.25, 0.3) is 5.56 Å². The SMILES string of the molecule is CCCNC(=O)C1CCCN(c2nc3ncn(CC(=O)c4ccc(F)cc4)c(=O)c3s2)C1. The summed E-state index contributed by atoms with van der Waals surface area (Å²) in [7, 11) is 0. The van der Waals surface area contributed by atoms with Gasteiger partial charge in [-0.15, -0.1) is 0 Å². The number of nitrogens with one attached hydrogen (secondary N) is 1. The minimum Gasteiger partial charge on any atom is -0.356 e. The van der Waals surface area contributed by atoms with E-state index in [4.69, 9.17) is 0 Å². The van der Waals surface area contributed by atoms with Crippen LogP contribution in [0.3, 0.4) is 0 Å². The van der Waals surface area contributed by atoms with Gasteiger partial charge < -0.3 is 10.2 Å². The van der Waals surface area contributed by atoms with E-state index in [-0.39, 0.29) is 29.7 Å². The van der Waals surface area contributed by atoms with Gasteiger partial charge in [0.2, 0.25) is 5.91 Å². The van der Waals surface area contributed by atoms with Crippen LogP contribution in [0, 0.1) is 11.7 Å². The van der Waals surface area contributed by atoms with Crippen molar-refractivity contribution < 1.29 is 14.0 Å². The number of halogens is 1. The quantitative estimate of drug-likeness (QED) is 0.548. The van der Waals surface area contributed by atoms with E-state index in [0.29, 0.717) is 34.1 Å². The Balaban J connectivity index is 1.52. The number of thiazole rings is 1. The summed E-state index contributed by atoms with van der Waals surface area (Å²) in [6, 6.07) is 5.20. The third kappa shape index (κ3) is 4.69. The van der Waals surface area contributed by atoms with Crippen molar-refractivity contribution in [2.24, 2.45) is 5.92 Å². The molecule has 0 aliphatic carbocycles. The monoisotopic (exact) mass is 457 g/mol. The fourth-order valence-electron chi connectivity index (χ4n) is 3.72. The lowest BCUT2D eigenvalue weighted by Gasteiger charge is -2.31. The van der Waals surface area contributed by atoms with Crippen molar-refractivity contribution in [3.8, 4) is 0 Å². The first-order valence-corrected chi connectivity index (χ1v) is 11.4. The number of benzene rings is 1. The number of ketones is 1. The molecular weight excluding hydrogens is 433 g/mol. The second kappa shape index (κ2) is 9.56. The summed E-state index contributed by atoms with van der Waals surface area (Å²) in [6.45, 7) is 3.80. The molecule has 1 aromatic carbocycles. The molecule has 4 rings (SSSR count). The van der Waals surface area contributed by atoms with E-state index in [2.05, 4.69) is 15.3 Å². The molecule has 1 N–H and O–H groups in total. The Morgan fingerprint density at radius 2 is 2.06 bits per heavy atom. The zero-order valence-electron chi connectivity index (χ0n) is 17.7. The summed E-state index contributed by atoms with van der Waals surface area (Å²) in [4.78, 5) is 48.6. The lowest BCUT2D eigenvalue weighted by Crippen LogP contribution is -2.43. The van der Waals surface area contributed by atoms with E-state index in [9.17, 15) is 18.8 Å². The number of Topliss-reactive ketones (excluding diaryl/α,β-unsaturated/α-hetero) is 1. The van der Waals surface area contributed by atoms with Gasteiger partial charge in [0.05, 0.1) is 12.5 Å². The second-order valence-electron chi connectivity index (χ2n) is 7.83. The highest BCUT2D eigenvalue weighted by Crippen LogP contribution is 2.29. The Labute approximate surface area is 188 Å². The van der Waals surface area contributed by atoms with E-state index < -0.39 is 5.82 Å². The van der Waals surface area contributed by atoms with Crippen LogP contribution >= 0.6 is 11.3 Å². The molecule has 8 nitrogen and oxygen atoms in total. The number of piperidine rings is 1. The smallest absolute Gasteiger partial charge is 0.273 e. The third-order valence-electron chi connectivity index (χ3n) is 5.46. The molecule has 1 saturated heterocycles. The predicted molar refractivity (Wildman–Crippen MR) is 121 cm³/mol. The summed E-state index contributed by atoms with van der Waals surface area (Å²) in [5, 5.41) is 3.60. The molecule has 1 aliphatic heterocycles. The van der Waals surface area contributed by atoms with Gasteiger partial charge >= 0.3 is 0 Å². The molecule has 1 unspecified atom stereocenters. The Bertz CT molecular complexity index is 1190. The van der Waals surface area contributed by atoms with E-state index in [1.165, 1.54) is 46.5 Å². The number of nitrogens with zero attached hydrogens (tertiary/aromatic N) is 4. The summed E-state index contributed by atoms with van der Waals surface area (Å²) < 4.78 is 14.7. The Morgan fingerprint density at radius 1 is 1.28 bits per heavy atom. The van der Waals surface area contributed by atoms with Gasteiger partial charge in [-0.2, -0.15) is 4.98 Å². The van der Waals surface area contributed by atoms with Crippen LogP contribution in [-0.4, -0.2) is 45.9 Å². The number of anilines is 1. The van der Waals surface area contributed by atoms with Crippen molar-refractivity contribution in [1.29, 1.82) is 0 Å². The summed E-state index contributed by atoms with van der Waals surface area (Å²) in [6.07, 6.45) is 3.89. The Hall–Kier alpha value is -3.14. The second-order valence-corrected chi connectivity index (χ2v) is 8.81. The number of hydrogen-bond acceptors (Lipinski definition) is 7. The molecule has 1 fully saturated rings. The van der Waals surface area contributed by atoms with Crippen LogP contribution in [0.25, 0.3) is 10.3 Å². The van der Waals surface area contributed by atoms with E-state index in [0.717, 1.165) is 25.8 Å². The van der Waals surface area contributed by atoms with Crippen molar-refractivity contribution in [2.75, 3.05) is 24.5 Å². The van der Waals surface area contributed by atoms with Gasteiger partial charge in [0, 0.05) is 25.2 Å². The molecule has 0 saturated carbocycles. The first-order valence-electron chi connectivity index (χ1n) is 10.6. The Kier molecular flexibility index (Phi) is 6.59. The van der Waals surface area contributed by atoms with E-state index in [1.807, 2.05) is 11.8 Å². The Morgan fingerprint density at radius 3 is 2.81 bits per heavy atom. The maximum atomic E-state index is 13.1. The van der Waals surface area contributed by atoms with E-state index in [1.54, 1.807) is 0 Å². The molecule has 0 spiro atoms. The first kappa shape index (κ1) is 22.1. The van der Waals surface area contributed by atoms with Crippen LogP contribution in [-0.2, 0) is 11.3 Å². The topological polar surface area (TPSA) is 97.2 Å². The lowest BCUT2D eigenvalue weighted by atomic mass is 9.97. The van der Waals surface area contributed by atoms with Crippen LogP contribution in [0.2, 0.25) is 0 Å². The normalized spacial score (nSPS) is 16.3. The van der Waals surface area contributed by atoms with Crippen molar-refractivity contribution in [2.45, 2.75) is 32.7 Å². The van der Waals surface area contributed by atoms with Gasteiger partial charge in [0.1, 0.15) is 16.8 Å². The molecule has 1 amide bonds. The van der Waals surface area contributed by atoms with Crippen LogP contribution in [0.5, 0.6) is 0 Å². The summed E-state index contributed by atoms with van der Waals surface area (Å²) in [5.74, 6) is -0.797. The summed E-state index contributed by atoms with van der Waals surface area (Å²) >= 11 is 1.23. The lowest BCUT2D eigenvalue weighted by molar-refractivity contribution is -0.125. The molecule has 3 aromatic rings. The molecule has 1 aliphatic rings. The standard InChI is InChI=1S/C22H24FN5O3S/c1-2-9-24-20(30)15-4-3-10-27(11-15)22-26-19-18(32-22)21(31)28(13-25-19)12-17(29)14-5-7-16(23)8-6-14/h5-8,13,15H,2-4,9-12H2,1H3,(H,24,30). The maximum Gasteiger partial charge on any atom is 0.273 e. The van der Waals surface area contributed by atoms with Gasteiger partial charge in [-0.3, -0.25) is 19.0 Å². The molecule has 168 valence electrons. The van der Waals surface area contributed by atoms with Gasteiger partial charge in [0.15, 0.2) is 16.6 Å². The number of amides is 1. The number of carbonyl (C=O) groups is 2. The average molecular weight is 458 g/mol. The average Bonchev–Trinajstić information content (AvgIpc) is 3.25. The molecule has 2 aromatic heterocycles. The van der Waals surface area contributed by atoms with Crippen LogP contribution in [0.15, 0.2) is 35.4 Å². The van der Waals surface area contributed by atoms with Crippen LogP contribution in [0.1, 0.15) is 36.5 Å². The van der Waals surface area contributed by atoms with Gasteiger partial charge in [-0.1, -0.05) is 18.3 Å². The number of fused-ring (bicyclic) bond motifs is 1.